The molecule has 0 saturated heterocycles. The lowest BCUT2D eigenvalue weighted by atomic mass is 10.0. The Bertz CT molecular complexity index is 594. The number of rotatable bonds is 4. The van der Waals surface area contributed by atoms with Crippen LogP contribution in [0.5, 0.6) is 0 Å². The topological polar surface area (TPSA) is 59.0 Å². The van der Waals surface area contributed by atoms with Crippen molar-refractivity contribution in [1.82, 2.24) is 14.9 Å². The second-order valence-corrected chi connectivity index (χ2v) is 5.19. The predicted molar refractivity (Wildman–Crippen MR) is 77.5 cm³/mol. The first-order valence-corrected chi connectivity index (χ1v) is 6.83. The van der Waals surface area contributed by atoms with Crippen LogP contribution >= 0.6 is 0 Å². The Kier molecular flexibility index (Phi) is 3.41. The van der Waals surface area contributed by atoms with Crippen LogP contribution < -0.4 is 10.6 Å². The minimum Gasteiger partial charge on any atom is -0.384 e. The highest BCUT2D eigenvalue weighted by molar-refractivity contribution is 5.88. The van der Waals surface area contributed by atoms with E-state index in [0.29, 0.717) is 6.54 Å². The molecule has 0 spiro atoms. The molecule has 1 aliphatic heterocycles. The Hall–Kier alpha value is -2.30. The van der Waals surface area contributed by atoms with Crippen LogP contribution in [0.4, 0.5) is 5.69 Å². The molecule has 0 radical (unpaired) electrons. The standard InChI is InChI=1S/C15H18N4O/c1-11(9-19-7-6-16-10-19)18-15(20)13-8-17-14-5-3-2-4-12(13)14/h2-7,10-11,13,17H,8-9H2,1H3,(H,18,20). The van der Waals surface area contributed by atoms with Gasteiger partial charge in [-0.2, -0.15) is 0 Å². The third-order valence-electron chi connectivity index (χ3n) is 3.58. The molecule has 2 unspecified atom stereocenters. The minimum atomic E-state index is -0.101. The molecule has 104 valence electrons. The van der Waals surface area contributed by atoms with Crippen LogP contribution in [0.25, 0.3) is 0 Å². The molecular formula is C15H18N4O. The molecule has 2 atom stereocenters. The summed E-state index contributed by atoms with van der Waals surface area (Å²) in [5, 5.41) is 6.35. The van der Waals surface area contributed by atoms with Crippen molar-refractivity contribution in [2.45, 2.75) is 25.4 Å². The second-order valence-electron chi connectivity index (χ2n) is 5.19. The van der Waals surface area contributed by atoms with Gasteiger partial charge in [0, 0.05) is 37.2 Å². The average molecular weight is 270 g/mol. The maximum absolute atomic E-state index is 12.4. The zero-order chi connectivity index (χ0) is 13.9. The van der Waals surface area contributed by atoms with Crippen molar-refractivity contribution >= 4 is 11.6 Å². The van der Waals surface area contributed by atoms with E-state index in [-0.39, 0.29) is 17.9 Å². The Morgan fingerprint density at radius 3 is 3.20 bits per heavy atom. The molecule has 3 rings (SSSR count). The zero-order valence-corrected chi connectivity index (χ0v) is 11.4. The fourth-order valence-corrected chi connectivity index (χ4v) is 2.62. The van der Waals surface area contributed by atoms with Crippen LogP contribution in [0, 0.1) is 0 Å². The van der Waals surface area contributed by atoms with Gasteiger partial charge in [0.15, 0.2) is 0 Å². The summed E-state index contributed by atoms with van der Waals surface area (Å²) >= 11 is 0. The van der Waals surface area contributed by atoms with Crippen LogP contribution in [0.2, 0.25) is 0 Å². The zero-order valence-electron chi connectivity index (χ0n) is 11.4. The first-order chi connectivity index (χ1) is 9.74. The van der Waals surface area contributed by atoms with Crippen LogP contribution in [0.15, 0.2) is 43.0 Å². The second kappa shape index (κ2) is 5.36. The highest BCUT2D eigenvalue weighted by atomic mass is 16.2. The third-order valence-corrected chi connectivity index (χ3v) is 3.58. The summed E-state index contributed by atoms with van der Waals surface area (Å²) in [4.78, 5) is 16.4. The molecule has 0 aliphatic carbocycles. The van der Waals surface area contributed by atoms with Crippen molar-refractivity contribution in [3.05, 3.63) is 48.5 Å². The number of anilines is 1. The van der Waals surface area contributed by atoms with Gasteiger partial charge in [-0.25, -0.2) is 4.98 Å². The van der Waals surface area contributed by atoms with E-state index < -0.39 is 0 Å². The Balaban J connectivity index is 1.63. The van der Waals surface area contributed by atoms with Gasteiger partial charge in [0.05, 0.1) is 12.2 Å². The average Bonchev–Trinajstić information content (AvgIpc) is 3.07. The van der Waals surface area contributed by atoms with Crippen molar-refractivity contribution in [2.24, 2.45) is 0 Å². The lowest BCUT2D eigenvalue weighted by Crippen LogP contribution is -2.39. The number of nitrogens with one attached hydrogen (secondary N) is 2. The number of carbonyl (C=O) groups excluding carboxylic acids is 1. The van der Waals surface area contributed by atoms with Crippen molar-refractivity contribution in [2.75, 3.05) is 11.9 Å². The SMILES string of the molecule is CC(Cn1ccnc1)NC(=O)C1CNc2ccccc21. The van der Waals surface area contributed by atoms with Gasteiger partial charge in [0.1, 0.15) is 0 Å². The fraction of sp³-hybridized carbons (Fsp3) is 0.333. The van der Waals surface area contributed by atoms with E-state index in [1.54, 1.807) is 12.5 Å². The van der Waals surface area contributed by atoms with Gasteiger partial charge in [-0.15, -0.1) is 0 Å². The third kappa shape index (κ3) is 2.52. The Morgan fingerprint density at radius 1 is 1.55 bits per heavy atom. The first-order valence-electron chi connectivity index (χ1n) is 6.83. The molecule has 0 saturated carbocycles. The van der Waals surface area contributed by atoms with E-state index in [2.05, 4.69) is 15.6 Å². The number of fused-ring (bicyclic) bond motifs is 1. The number of aromatic nitrogens is 2. The summed E-state index contributed by atoms with van der Waals surface area (Å²) in [6, 6.07) is 8.05. The van der Waals surface area contributed by atoms with Crippen LogP contribution in [0.3, 0.4) is 0 Å². The van der Waals surface area contributed by atoms with Gasteiger partial charge >= 0.3 is 0 Å². The number of benzene rings is 1. The predicted octanol–water partition coefficient (Wildman–Crippen LogP) is 1.60. The summed E-state index contributed by atoms with van der Waals surface area (Å²) in [6.45, 7) is 3.41. The number of nitrogens with zero attached hydrogens (tertiary/aromatic N) is 2. The molecule has 1 amide bonds. The highest BCUT2D eigenvalue weighted by Crippen LogP contribution is 2.30. The highest BCUT2D eigenvalue weighted by Gasteiger charge is 2.28. The number of imidazole rings is 1. The van der Waals surface area contributed by atoms with Crippen LogP contribution in [-0.4, -0.2) is 28.0 Å². The molecule has 5 heteroatoms. The van der Waals surface area contributed by atoms with Gasteiger partial charge < -0.3 is 15.2 Å². The van der Waals surface area contributed by atoms with Crippen LogP contribution in [0.1, 0.15) is 18.4 Å². The molecule has 1 aliphatic rings. The molecule has 5 nitrogen and oxygen atoms in total. The van der Waals surface area contributed by atoms with Gasteiger partial charge in [-0.3, -0.25) is 4.79 Å². The normalized spacial score (nSPS) is 18.1. The van der Waals surface area contributed by atoms with Crippen molar-refractivity contribution in [1.29, 1.82) is 0 Å². The summed E-state index contributed by atoms with van der Waals surface area (Å²) in [5.41, 5.74) is 2.15. The molecule has 0 fully saturated rings. The maximum Gasteiger partial charge on any atom is 0.229 e. The summed E-state index contributed by atoms with van der Waals surface area (Å²) in [5.74, 6) is -0.0218. The largest absolute Gasteiger partial charge is 0.384 e. The van der Waals surface area contributed by atoms with E-state index >= 15 is 0 Å². The number of hydrogen-bond donors (Lipinski definition) is 2. The lowest BCUT2D eigenvalue weighted by Gasteiger charge is -2.17. The minimum absolute atomic E-state index is 0.0736. The van der Waals surface area contributed by atoms with E-state index in [1.807, 2.05) is 42.0 Å². The molecule has 2 N–H and O–H groups in total. The number of amides is 1. The van der Waals surface area contributed by atoms with Crippen molar-refractivity contribution < 1.29 is 4.79 Å². The summed E-state index contributed by atoms with van der Waals surface area (Å²) in [7, 11) is 0. The number of para-hydroxylation sites is 1. The monoisotopic (exact) mass is 270 g/mol. The van der Waals surface area contributed by atoms with E-state index in [4.69, 9.17) is 0 Å². The molecule has 1 aromatic heterocycles. The molecule has 20 heavy (non-hydrogen) atoms. The Morgan fingerprint density at radius 2 is 2.40 bits per heavy atom. The quantitative estimate of drug-likeness (QED) is 0.887. The van der Waals surface area contributed by atoms with Crippen LogP contribution in [-0.2, 0) is 11.3 Å². The molecule has 1 aromatic carbocycles. The van der Waals surface area contributed by atoms with E-state index in [0.717, 1.165) is 17.8 Å². The van der Waals surface area contributed by atoms with E-state index in [9.17, 15) is 4.79 Å². The van der Waals surface area contributed by atoms with Gasteiger partial charge in [-0.1, -0.05) is 18.2 Å². The van der Waals surface area contributed by atoms with E-state index in [1.165, 1.54) is 0 Å². The number of hydrogen-bond acceptors (Lipinski definition) is 3. The smallest absolute Gasteiger partial charge is 0.229 e. The number of carbonyl (C=O) groups is 1. The molecular weight excluding hydrogens is 252 g/mol. The lowest BCUT2D eigenvalue weighted by molar-refractivity contribution is -0.122. The summed E-state index contributed by atoms with van der Waals surface area (Å²) < 4.78 is 1.96. The van der Waals surface area contributed by atoms with Gasteiger partial charge in [0.2, 0.25) is 5.91 Å². The molecule has 2 aromatic rings. The Labute approximate surface area is 118 Å². The molecule has 2 heterocycles. The fourth-order valence-electron chi connectivity index (χ4n) is 2.62. The molecule has 0 bridgehead atoms. The maximum atomic E-state index is 12.4. The van der Waals surface area contributed by atoms with Gasteiger partial charge in [-0.05, 0) is 18.6 Å². The van der Waals surface area contributed by atoms with Gasteiger partial charge in [0.25, 0.3) is 0 Å². The van der Waals surface area contributed by atoms with Crippen molar-refractivity contribution in [3.63, 3.8) is 0 Å². The van der Waals surface area contributed by atoms with Crippen molar-refractivity contribution in [3.8, 4) is 0 Å². The first kappa shape index (κ1) is 12.7. The summed E-state index contributed by atoms with van der Waals surface area (Å²) in [6.07, 6.45) is 5.40.